The van der Waals surface area contributed by atoms with Gasteiger partial charge in [-0.15, -0.1) is 0 Å². The number of ether oxygens (including phenoxy) is 1. The predicted octanol–water partition coefficient (Wildman–Crippen LogP) is 1.22. The van der Waals surface area contributed by atoms with Gasteiger partial charge in [0.25, 0.3) is 0 Å². The Balaban J connectivity index is 1.69. The molecule has 2 saturated heterocycles. The standard InChI is InChI=1S/C11H20N2O2/c14-11-13(7-1-9-15-11)8-4-10-2-5-12-6-3-10/h10,12H,1-9H2. The van der Waals surface area contributed by atoms with Crippen molar-refractivity contribution in [1.29, 1.82) is 0 Å². The summed E-state index contributed by atoms with van der Waals surface area (Å²) in [6.07, 6.45) is 4.51. The molecule has 0 radical (unpaired) electrons. The number of carbonyl (C=O) groups excluding carboxylic acids is 1. The van der Waals surface area contributed by atoms with Crippen LogP contribution in [0, 0.1) is 5.92 Å². The van der Waals surface area contributed by atoms with E-state index < -0.39 is 0 Å². The molecule has 0 saturated carbocycles. The molecular formula is C11H20N2O2. The van der Waals surface area contributed by atoms with Gasteiger partial charge in [-0.05, 0) is 44.7 Å². The third-order valence-electron chi connectivity index (χ3n) is 3.32. The van der Waals surface area contributed by atoms with Gasteiger partial charge in [0, 0.05) is 13.1 Å². The van der Waals surface area contributed by atoms with Gasteiger partial charge in [0.1, 0.15) is 0 Å². The molecule has 2 fully saturated rings. The molecule has 0 atom stereocenters. The summed E-state index contributed by atoms with van der Waals surface area (Å²) in [4.78, 5) is 13.2. The summed E-state index contributed by atoms with van der Waals surface area (Å²) >= 11 is 0. The minimum atomic E-state index is -0.116. The van der Waals surface area contributed by atoms with E-state index in [4.69, 9.17) is 4.74 Å². The quantitative estimate of drug-likeness (QED) is 0.764. The van der Waals surface area contributed by atoms with E-state index >= 15 is 0 Å². The fourth-order valence-electron chi connectivity index (χ4n) is 2.31. The molecule has 2 rings (SSSR count). The first-order chi connectivity index (χ1) is 7.36. The smallest absolute Gasteiger partial charge is 0.409 e. The van der Waals surface area contributed by atoms with Gasteiger partial charge < -0.3 is 15.0 Å². The first-order valence-corrected chi connectivity index (χ1v) is 5.98. The number of nitrogens with zero attached hydrogens (tertiary/aromatic N) is 1. The summed E-state index contributed by atoms with van der Waals surface area (Å²) in [5.41, 5.74) is 0. The van der Waals surface area contributed by atoms with Gasteiger partial charge in [-0.2, -0.15) is 0 Å². The fraction of sp³-hybridized carbons (Fsp3) is 0.909. The normalized spacial score (nSPS) is 24.0. The number of nitrogens with one attached hydrogen (secondary N) is 1. The zero-order chi connectivity index (χ0) is 10.5. The topological polar surface area (TPSA) is 41.6 Å². The highest BCUT2D eigenvalue weighted by atomic mass is 16.6. The highest BCUT2D eigenvalue weighted by Gasteiger charge is 2.21. The largest absolute Gasteiger partial charge is 0.449 e. The van der Waals surface area contributed by atoms with Crippen LogP contribution in [0.15, 0.2) is 0 Å². The summed E-state index contributed by atoms with van der Waals surface area (Å²) in [6.45, 7) is 4.63. The average molecular weight is 212 g/mol. The van der Waals surface area contributed by atoms with Crippen molar-refractivity contribution in [3.8, 4) is 0 Å². The van der Waals surface area contributed by atoms with Crippen molar-refractivity contribution in [3.63, 3.8) is 0 Å². The van der Waals surface area contributed by atoms with Gasteiger partial charge in [-0.25, -0.2) is 4.79 Å². The lowest BCUT2D eigenvalue weighted by Gasteiger charge is -2.29. The number of amides is 1. The maximum Gasteiger partial charge on any atom is 0.409 e. The highest BCUT2D eigenvalue weighted by Crippen LogP contribution is 2.17. The predicted molar refractivity (Wildman–Crippen MR) is 57.7 cm³/mol. The summed E-state index contributed by atoms with van der Waals surface area (Å²) in [6, 6.07) is 0. The molecular weight excluding hydrogens is 192 g/mol. The third-order valence-corrected chi connectivity index (χ3v) is 3.32. The van der Waals surface area contributed by atoms with Gasteiger partial charge in [-0.3, -0.25) is 0 Å². The van der Waals surface area contributed by atoms with Crippen molar-refractivity contribution in [3.05, 3.63) is 0 Å². The number of piperidine rings is 1. The van der Waals surface area contributed by atoms with Crippen LogP contribution >= 0.6 is 0 Å². The van der Waals surface area contributed by atoms with Crippen LogP contribution in [-0.4, -0.2) is 43.8 Å². The molecule has 0 aliphatic carbocycles. The van der Waals surface area contributed by atoms with Gasteiger partial charge >= 0.3 is 6.09 Å². The molecule has 0 aromatic carbocycles. The second kappa shape index (κ2) is 5.35. The van der Waals surface area contributed by atoms with E-state index in [1.54, 1.807) is 0 Å². The monoisotopic (exact) mass is 212 g/mol. The van der Waals surface area contributed by atoms with E-state index in [1.165, 1.54) is 12.8 Å². The molecule has 0 bridgehead atoms. The Kier molecular flexibility index (Phi) is 3.83. The van der Waals surface area contributed by atoms with Crippen LogP contribution in [-0.2, 0) is 4.74 Å². The van der Waals surface area contributed by atoms with Gasteiger partial charge in [0.15, 0.2) is 0 Å². The lowest BCUT2D eigenvalue weighted by Crippen LogP contribution is -2.39. The van der Waals surface area contributed by atoms with E-state index in [-0.39, 0.29) is 6.09 Å². The van der Waals surface area contributed by atoms with Crippen LogP contribution < -0.4 is 5.32 Å². The van der Waals surface area contributed by atoms with Crippen molar-refractivity contribution in [1.82, 2.24) is 10.2 Å². The molecule has 0 unspecified atom stereocenters. The average Bonchev–Trinajstić information content (AvgIpc) is 2.29. The number of hydrogen-bond acceptors (Lipinski definition) is 3. The molecule has 1 amide bonds. The molecule has 4 nitrogen and oxygen atoms in total. The van der Waals surface area contributed by atoms with E-state index in [0.29, 0.717) is 6.61 Å². The Morgan fingerprint density at radius 2 is 2.20 bits per heavy atom. The molecule has 2 heterocycles. The summed E-state index contributed by atoms with van der Waals surface area (Å²) in [7, 11) is 0. The Bertz CT molecular complexity index is 215. The minimum absolute atomic E-state index is 0.116. The second-order valence-corrected chi connectivity index (χ2v) is 4.44. The van der Waals surface area contributed by atoms with Crippen LogP contribution in [0.5, 0.6) is 0 Å². The Hall–Kier alpha value is -0.770. The van der Waals surface area contributed by atoms with Crippen molar-refractivity contribution in [2.45, 2.75) is 25.7 Å². The molecule has 2 aliphatic rings. The zero-order valence-corrected chi connectivity index (χ0v) is 9.21. The van der Waals surface area contributed by atoms with Crippen molar-refractivity contribution >= 4 is 6.09 Å². The second-order valence-electron chi connectivity index (χ2n) is 4.44. The molecule has 2 aliphatic heterocycles. The number of cyclic esters (lactones) is 1. The fourth-order valence-corrected chi connectivity index (χ4v) is 2.31. The molecule has 0 spiro atoms. The molecule has 0 aromatic heterocycles. The van der Waals surface area contributed by atoms with Gasteiger partial charge in [0.05, 0.1) is 6.61 Å². The lowest BCUT2D eigenvalue weighted by atomic mass is 9.94. The molecule has 1 N–H and O–H groups in total. The Morgan fingerprint density at radius 1 is 1.40 bits per heavy atom. The summed E-state index contributed by atoms with van der Waals surface area (Å²) in [5.74, 6) is 0.793. The first kappa shape index (κ1) is 10.7. The minimum Gasteiger partial charge on any atom is -0.449 e. The number of carbonyl (C=O) groups is 1. The van der Waals surface area contributed by atoms with Crippen LogP contribution in [0.1, 0.15) is 25.7 Å². The summed E-state index contributed by atoms with van der Waals surface area (Å²) < 4.78 is 5.00. The molecule has 0 aromatic rings. The van der Waals surface area contributed by atoms with Crippen molar-refractivity contribution in [2.75, 3.05) is 32.8 Å². The Labute approximate surface area is 91.0 Å². The van der Waals surface area contributed by atoms with Crippen LogP contribution in [0.3, 0.4) is 0 Å². The SMILES string of the molecule is O=C1OCCCN1CCC1CCNCC1. The molecule has 86 valence electrons. The van der Waals surface area contributed by atoms with Crippen LogP contribution in [0.2, 0.25) is 0 Å². The van der Waals surface area contributed by atoms with Crippen molar-refractivity contribution in [2.24, 2.45) is 5.92 Å². The third kappa shape index (κ3) is 3.09. The van der Waals surface area contributed by atoms with Gasteiger partial charge in [-0.1, -0.05) is 0 Å². The van der Waals surface area contributed by atoms with Gasteiger partial charge in [0.2, 0.25) is 0 Å². The first-order valence-electron chi connectivity index (χ1n) is 5.98. The summed E-state index contributed by atoms with van der Waals surface area (Å²) in [5, 5.41) is 3.36. The van der Waals surface area contributed by atoms with Crippen LogP contribution in [0.4, 0.5) is 4.79 Å². The van der Waals surface area contributed by atoms with E-state index in [2.05, 4.69) is 5.32 Å². The highest BCUT2D eigenvalue weighted by molar-refractivity contribution is 5.68. The van der Waals surface area contributed by atoms with E-state index in [0.717, 1.165) is 44.9 Å². The Morgan fingerprint density at radius 3 is 2.93 bits per heavy atom. The van der Waals surface area contributed by atoms with Crippen molar-refractivity contribution < 1.29 is 9.53 Å². The van der Waals surface area contributed by atoms with Crippen LogP contribution in [0.25, 0.3) is 0 Å². The van der Waals surface area contributed by atoms with E-state index in [9.17, 15) is 4.79 Å². The maximum atomic E-state index is 11.4. The molecule has 15 heavy (non-hydrogen) atoms. The zero-order valence-electron chi connectivity index (χ0n) is 9.21. The molecule has 4 heteroatoms. The number of rotatable bonds is 3. The van der Waals surface area contributed by atoms with E-state index in [1.807, 2.05) is 4.90 Å². The lowest BCUT2D eigenvalue weighted by molar-refractivity contribution is 0.0700. The number of hydrogen-bond donors (Lipinski definition) is 1. The maximum absolute atomic E-state index is 11.4.